The molecule has 0 radical (unpaired) electrons. The number of nitrogens with one attached hydrogen (secondary N) is 1. The van der Waals surface area contributed by atoms with Crippen LogP contribution in [0.1, 0.15) is 21.6 Å². The van der Waals surface area contributed by atoms with Gasteiger partial charge in [-0.15, -0.1) is 0 Å². The Morgan fingerprint density at radius 3 is 2.43 bits per heavy atom. The maximum atomic E-state index is 13.6. The fourth-order valence-corrected chi connectivity index (χ4v) is 3.74. The number of aromatic hydroxyl groups is 1. The topological polar surface area (TPSA) is 66.0 Å². The predicted molar refractivity (Wildman–Crippen MR) is 113 cm³/mol. The Balaban J connectivity index is 2.01. The molecule has 2 heterocycles. The van der Waals surface area contributed by atoms with Gasteiger partial charge in [0.15, 0.2) is 5.78 Å². The van der Waals surface area contributed by atoms with Crippen molar-refractivity contribution in [2.24, 2.45) is 0 Å². The molecule has 2 aromatic heterocycles. The molecule has 138 valence electrons. The van der Waals surface area contributed by atoms with E-state index in [1.807, 2.05) is 49.4 Å². The number of aryl methyl sites for hydroxylation is 1. The molecule has 0 bridgehead atoms. The van der Waals surface area contributed by atoms with Crippen molar-refractivity contribution in [2.75, 3.05) is 0 Å². The van der Waals surface area contributed by atoms with Gasteiger partial charge in [0.2, 0.25) is 0 Å². The van der Waals surface area contributed by atoms with Crippen molar-refractivity contribution in [3.8, 4) is 28.1 Å². The number of phenols is 1. The van der Waals surface area contributed by atoms with Crippen molar-refractivity contribution in [2.45, 2.75) is 6.92 Å². The quantitative estimate of drug-likeness (QED) is 0.403. The highest BCUT2D eigenvalue weighted by atomic mass is 79.9. The molecule has 0 saturated heterocycles. The summed E-state index contributed by atoms with van der Waals surface area (Å²) in [6, 6.07) is 18.3. The van der Waals surface area contributed by atoms with Crippen LogP contribution in [0.25, 0.3) is 22.4 Å². The summed E-state index contributed by atoms with van der Waals surface area (Å²) < 4.78 is 0.729. The van der Waals surface area contributed by atoms with Gasteiger partial charge in [0, 0.05) is 28.1 Å². The fraction of sp³-hybridized carbons (Fsp3) is 0.0435. The first-order valence-corrected chi connectivity index (χ1v) is 9.57. The lowest BCUT2D eigenvalue weighted by molar-refractivity contribution is 0.103. The minimum atomic E-state index is -0.242. The highest BCUT2D eigenvalue weighted by Crippen LogP contribution is 2.38. The molecule has 0 saturated carbocycles. The normalized spacial score (nSPS) is 10.8. The van der Waals surface area contributed by atoms with Crippen LogP contribution in [0.4, 0.5) is 0 Å². The second-order valence-corrected chi connectivity index (χ2v) is 7.38. The first-order valence-electron chi connectivity index (χ1n) is 8.78. The third-order valence-electron chi connectivity index (χ3n) is 4.65. The number of carbonyl (C=O) groups is 1. The van der Waals surface area contributed by atoms with Gasteiger partial charge in [-0.25, -0.2) is 0 Å². The van der Waals surface area contributed by atoms with Crippen LogP contribution in [0.2, 0.25) is 0 Å². The molecule has 0 aliphatic rings. The van der Waals surface area contributed by atoms with Crippen molar-refractivity contribution in [3.63, 3.8) is 0 Å². The Morgan fingerprint density at radius 1 is 1.00 bits per heavy atom. The maximum Gasteiger partial charge on any atom is 0.199 e. The number of pyridine rings is 1. The largest absolute Gasteiger partial charge is 0.507 e. The van der Waals surface area contributed by atoms with Crippen molar-refractivity contribution >= 4 is 21.7 Å². The van der Waals surface area contributed by atoms with E-state index in [4.69, 9.17) is 0 Å². The van der Waals surface area contributed by atoms with E-state index in [0.717, 1.165) is 32.6 Å². The Hall–Kier alpha value is -3.18. The molecular weight excluding hydrogens is 416 g/mol. The zero-order valence-electron chi connectivity index (χ0n) is 15.1. The second-order valence-electron chi connectivity index (χ2n) is 6.47. The molecule has 0 atom stereocenters. The van der Waals surface area contributed by atoms with Gasteiger partial charge in [-0.2, -0.15) is 0 Å². The number of halogens is 1. The summed E-state index contributed by atoms with van der Waals surface area (Å²) in [5, 5.41) is 10.3. The number of hydrogen-bond acceptors (Lipinski definition) is 3. The van der Waals surface area contributed by atoms with Crippen LogP contribution in [0.5, 0.6) is 5.75 Å². The second kappa shape index (κ2) is 7.44. The van der Waals surface area contributed by atoms with E-state index in [1.165, 1.54) is 6.07 Å². The maximum absolute atomic E-state index is 13.6. The van der Waals surface area contributed by atoms with Crippen molar-refractivity contribution in [3.05, 3.63) is 94.4 Å². The molecule has 0 fully saturated rings. The molecule has 2 N–H and O–H groups in total. The highest BCUT2D eigenvalue weighted by molar-refractivity contribution is 9.10. The van der Waals surface area contributed by atoms with Gasteiger partial charge in [0.1, 0.15) is 5.75 Å². The van der Waals surface area contributed by atoms with Gasteiger partial charge in [-0.3, -0.25) is 9.78 Å². The van der Waals surface area contributed by atoms with E-state index in [2.05, 4.69) is 25.9 Å². The molecule has 28 heavy (non-hydrogen) atoms. The summed E-state index contributed by atoms with van der Waals surface area (Å²) in [5.41, 5.74) is 5.00. The molecule has 4 rings (SSSR count). The molecule has 0 aliphatic carbocycles. The van der Waals surface area contributed by atoms with Gasteiger partial charge >= 0.3 is 0 Å². The van der Waals surface area contributed by atoms with Gasteiger partial charge in [0.05, 0.1) is 16.8 Å². The Morgan fingerprint density at radius 2 is 1.71 bits per heavy atom. The molecule has 5 heteroatoms. The number of carbonyl (C=O) groups excluding carboxylic acids is 1. The van der Waals surface area contributed by atoms with Crippen LogP contribution in [-0.2, 0) is 0 Å². The smallest absolute Gasteiger partial charge is 0.199 e. The monoisotopic (exact) mass is 432 g/mol. The van der Waals surface area contributed by atoms with Crippen LogP contribution in [0.3, 0.4) is 0 Å². The van der Waals surface area contributed by atoms with E-state index < -0.39 is 0 Å². The molecule has 4 nitrogen and oxygen atoms in total. The lowest BCUT2D eigenvalue weighted by atomic mass is 9.92. The average Bonchev–Trinajstić information content (AvgIpc) is 3.07. The van der Waals surface area contributed by atoms with Crippen LogP contribution in [-0.4, -0.2) is 20.9 Å². The first-order chi connectivity index (χ1) is 13.6. The molecule has 0 spiro atoms. The highest BCUT2D eigenvalue weighted by Gasteiger charge is 2.26. The summed E-state index contributed by atoms with van der Waals surface area (Å²) in [6.45, 7) is 1.94. The van der Waals surface area contributed by atoms with E-state index in [9.17, 15) is 9.90 Å². The van der Waals surface area contributed by atoms with Gasteiger partial charge in [0.25, 0.3) is 0 Å². The minimum Gasteiger partial charge on any atom is -0.507 e. The molecular formula is C23H17BrN2O2. The summed E-state index contributed by atoms with van der Waals surface area (Å²) in [4.78, 5) is 21.1. The van der Waals surface area contributed by atoms with Crippen molar-refractivity contribution in [1.29, 1.82) is 0 Å². The molecule has 4 aromatic rings. The summed E-state index contributed by atoms with van der Waals surface area (Å²) in [7, 11) is 0. The Bertz CT molecular complexity index is 1150. The van der Waals surface area contributed by atoms with Crippen LogP contribution >= 0.6 is 15.9 Å². The number of ketones is 1. The van der Waals surface area contributed by atoms with Crippen LogP contribution in [0, 0.1) is 6.92 Å². The summed E-state index contributed by atoms with van der Waals surface area (Å²) >= 11 is 3.39. The molecule has 0 unspecified atom stereocenters. The number of nitrogens with zero attached hydrogens (tertiary/aromatic N) is 1. The Kier molecular flexibility index (Phi) is 4.84. The molecule has 0 aliphatic heterocycles. The van der Waals surface area contributed by atoms with E-state index in [-0.39, 0.29) is 17.1 Å². The number of H-pyrrole nitrogens is 1. The third kappa shape index (κ3) is 3.25. The lowest BCUT2D eigenvalue weighted by Crippen LogP contribution is -2.04. The number of aromatic nitrogens is 2. The minimum absolute atomic E-state index is 0.0493. The number of benzene rings is 2. The number of rotatable bonds is 4. The van der Waals surface area contributed by atoms with Gasteiger partial charge < -0.3 is 10.1 Å². The third-order valence-corrected chi connectivity index (χ3v) is 5.14. The van der Waals surface area contributed by atoms with Crippen LogP contribution < -0.4 is 0 Å². The zero-order valence-corrected chi connectivity index (χ0v) is 16.7. The number of phenolic OH excluding ortho intramolecular Hbond substituents is 1. The summed E-state index contributed by atoms with van der Waals surface area (Å²) in [6.07, 6.45) is 3.41. The van der Waals surface area contributed by atoms with E-state index in [1.54, 1.807) is 24.5 Å². The standard InChI is InChI=1S/C23H17BrN2O2/c1-14-20(15-9-11-25-12-10-15)21(22(26-14)16-5-3-2-4-6-16)23(28)18-13-17(24)7-8-19(18)27/h2-13,26-27H,1H3. The predicted octanol–water partition coefficient (Wildman–Crippen LogP) is 5.75. The first kappa shape index (κ1) is 18.2. The molecule has 2 aromatic carbocycles. The zero-order chi connectivity index (χ0) is 19.7. The Labute approximate surface area is 171 Å². The SMILES string of the molecule is Cc1[nH]c(-c2ccccc2)c(C(=O)c2cc(Br)ccc2O)c1-c1ccncc1. The number of hydrogen-bond donors (Lipinski definition) is 2. The van der Waals surface area contributed by atoms with Crippen molar-refractivity contribution in [1.82, 2.24) is 9.97 Å². The van der Waals surface area contributed by atoms with E-state index >= 15 is 0 Å². The van der Waals surface area contributed by atoms with E-state index in [0.29, 0.717) is 5.56 Å². The lowest BCUT2D eigenvalue weighted by Gasteiger charge is -2.10. The van der Waals surface area contributed by atoms with Gasteiger partial charge in [-0.05, 0) is 48.4 Å². The summed E-state index contributed by atoms with van der Waals surface area (Å²) in [5.74, 6) is -0.291. The fourth-order valence-electron chi connectivity index (χ4n) is 3.38. The van der Waals surface area contributed by atoms with Gasteiger partial charge in [-0.1, -0.05) is 46.3 Å². The van der Waals surface area contributed by atoms with Crippen molar-refractivity contribution < 1.29 is 9.90 Å². The number of aromatic amines is 1. The average molecular weight is 433 g/mol. The van der Waals surface area contributed by atoms with Crippen LogP contribution in [0.15, 0.2) is 77.5 Å². The molecule has 0 amide bonds.